The number of aromatic amines is 1. The van der Waals surface area contributed by atoms with E-state index in [1.54, 1.807) is 0 Å². The van der Waals surface area contributed by atoms with Gasteiger partial charge in [0.05, 0.1) is 15.1 Å². The molecule has 1 heterocycles. The molecule has 0 atom stereocenters. The van der Waals surface area contributed by atoms with E-state index in [0.717, 1.165) is 12.3 Å². The minimum Gasteiger partial charge on any atom is -0.322 e. The van der Waals surface area contributed by atoms with Crippen molar-refractivity contribution in [2.45, 2.75) is 24.0 Å². The van der Waals surface area contributed by atoms with E-state index in [1.807, 2.05) is 4.98 Å². The molecule has 0 amide bonds. The quantitative estimate of drug-likeness (QED) is 0.615. The SMILES string of the molecule is CC(C)S(=O)(=O)c1c[nH]c(=O)c([N+](=O)[O-])c1. The number of aromatic nitrogens is 1. The number of hydrogen-bond donors (Lipinski definition) is 1. The normalized spacial score (nSPS) is 11.7. The molecule has 0 fully saturated rings. The van der Waals surface area contributed by atoms with E-state index in [2.05, 4.69) is 0 Å². The highest BCUT2D eigenvalue weighted by molar-refractivity contribution is 7.92. The van der Waals surface area contributed by atoms with E-state index < -0.39 is 31.3 Å². The summed E-state index contributed by atoms with van der Waals surface area (Å²) in [7, 11) is -3.62. The second-order valence-corrected chi connectivity index (χ2v) is 5.90. The van der Waals surface area contributed by atoms with E-state index in [0.29, 0.717) is 0 Å². The molecule has 0 saturated heterocycles. The van der Waals surface area contributed by atoms with Crippen LogP contribution in [0.25, 0.3) is 0 Å². The molecule has 0 radical (unpaired) electrons. The summed E-state index contributed by atoms with van der Waals surface area (Å²) in [6.07, 6.45) is 0.963. The van der Waals surface area contributed by atoms with Crippen molar-refractivity contribution < 1.29 is 13.3 Å². The van der Waals surface area contributed by atoms with E-state index in [-0.39, 0.29) is 4.90 Å². The van der Waals surface area contributed by atoms with Crippen LogP contribution in [0.2, 0.25) is 0 Å². The second-order valence-electron chi connectivity index (χ2n) is 3.40. The van der Waals surface area contributed by atoms with Gasteiger partial charge in [0.25, 0.3) is 0 Å². The van der Waals surface area contributed by atoms with Crippen LogP contribution in [-0.4, -0.2) is 23.6 Å². The fourth-order valence-electron chi connectivity index (χ4n) is 1.02. The number of pyridine rings is 1. The first kappa shape index (κ1) is 12.4. The van der Waals surface area contributed by atoms with Gasteiger partial charge in [-0.2, -0.15) is 0 Å². The predicted octanol–water partition coefficient (Wildman–Crippen LogP) is 0.465. The average molecular weight is 246 g/mol. The first-order valence-corrected chi connectivity index (χ1v) is 5.92. The molecule has 88 valence electrons. The van der Waals surface area contributed by atoms with Gasteiger partial charge in [0.15, 0.2) is 9.84 Å². The van der Waals surface area contributed by atoms with Crippen LogP contribution in [0.1, 0.15) is 13.8 Å². The van der Waals surface area contributed by atoms with Crippen LogP contribution < -0.4 is 5.56 Å². The minimum atomic E-state index is -3.62. The molecule has 7 nitrogen and oxygen atoms in total. The number of rotatable bonds is 3. The number of hydrogen-bond acceptors (Lipinski definition) is 5. The summed E-state index contributed by atoms with van der Waals surface area (Å²) in [5, 5.41) is 9.75. The molecule has 0 aliphatic carbocycles. The lowest BCUT2D eigenvalue weighted by atomic mass is 10.4. The van der Waals surface area contributed by atoms with Gasteiger partial charge < -0.3 is 4.98 Å². The summed E-state index contributed by atoms with van der Waals surface area (Å²) in [6, 6.07) is 0.772. The smallest absolute Gasteiger partial charge is 0.322 e. The maximum absolute atomic E-state index is 11.7. The molecule has 0 unspecified atom stereocenters. The van der Waals surface area contributed by atoms with Crippen molar-refractivity contribution in [1.82, 2.24) is 4.98 Å². The molecule has 1 N–H and O–H groups in total. The van der Waals surface area contributed by atoms with Crippen LogP contribution >= 0.6 is 0 Å². The summed E-state index contributed by atoms with van der Waals surface area (Å²) in [5.74, 6) is 0. The summed E-state index contributed by atoms with van der Waals surface area (Å²) >= 11 is 0. The van der Waals surface area contributed by atoms with Gasteiger partial charge in [-0.15, -0.1) is 0 Å². The van der Waals surface area contributed by atoms with Crippen LogP contribution in [0.15, 0.2) is 22.0 Å². The molecule has 1 rings (SSSR count). The molecule has 16 heavy (non-hydrogen) atoms. The highest BCUT2D eigenvalue weighted by Crippen LogP contribution is 2.17. The third kappa shape index (κ3) is 2.11. The number of nitrogens with one attached hydrogen (secondary N) is 1. The van der Waals surface area contributed by atoms with Crippen molar-refractivity contribution in [2.75, 3.05) is 0 Å². The van der Waals surface area contributed by atoms with Crippen LogP contribution in [0.5, 0.6) is 0 Å². The Morgan fingerprint density at radius 3 is 2.44 bits per heavy atom. The number of sulfone groups is 1. The number of nitro groups is 1. The first-order valence-electron chi connectivity index (χ1n) is 4.38. The summed E-state index contributed by atoms with van der Waals surface area (Å²) in [5.41, 5.74) is -1.70. The van der Waals surface area contributed by atoms with Crippen LogP contribution in [0, 0.1) is 10.1 Å². The van der Waals surface area contributed by atoms with Crippen LogP contribution in [0.4, 0.5) is 5.69 Å². The fourth-order valence-corrected chi connectivity index (χ4v) is 2.07. The van der Waals surface area contributed by atoms with E-state index in [1.165, 1.54) is 13.8 Å². The lowest BCUT2D eigenvalue weighted by Crippen LogP contribution is -2.18. The van der Waals surface area contributed by atoms with Crippen molar-refractivity contribution in [3.05, 3.63) is 32.7 Å². The van der Waals surface area contributed by atoms with Gasteiger partial charge in [-0.1, -0.05) is 0 Å². The van der Waals surface area contributed by atoms with E-state index in [4.69, 9.17) is 0 Å². The summed E-state index contributed by atoms with van der Waals surface area (Å²) in [4.78, 5) is 22.3. The van der Waals surface area contributed by atoms with E-state index >= 15 is 0 Å². The monoisotopic (exact) mass is 246 g/mol. The first-order chi connectivity index (χ1) is 7.26. The lowest BCUT2D eigenvalue weighted by Gasteiger charge is -2.06. The van der Waals surface area contributed by atoms with Crippen molar-refractivity contribution >= 4 is 15.5 Å². The largest absolute Gasteiger partial charge is 0.335 e. The zero-order valence-corrected chi connectivity index (χ0v) is 9.45. The molecule has 0 spiro atoms. The molecular weight excluding hydrogens is 236 g/mol. The molecule has 0 aliphatic heterocycles. The van der Waals surface area contributed by atoms with Gasteiger partial charge in [-0.25, -0.2) is 8.42 Å². The van der Waals surface area contributed by atoms with Gasteiger partial charge in [-0.3, -0.25) is 14.9 Å². The van der Waals surface area contributed by atoms with Gasteiger partial charge in [-0.05, 0) is 13.8 Å². The predicted molar refractivity (Wildman–Crippen MR) is 56.0 cm³/mol. The Morgan fingerprint density at radius 1 is 1.44 bits per heavy atom. The van der Waals surface area contributed by atoms with E-state index in [9.17, 15) is 23.3 Å². The second kappa shape index (κ2) is 4.05. The van der Waals surface area contributed by atoms with Crippen LogP contribution in [-0.2, 0) is 9.84 Å². The van der Waals surface area contributed by atoms with Crippen molar-refractivity contribution in [3.63, 3.8) is 0 Å². The highest BCUT2D eigenvalue weighted by atomic mass is 32.2. The van der Waals surface area contributed by atoms with Gasteiger partial charge in [0.2, 0.25) is 0 Å². The maximum Gasteiger partial charge on any atom is 0.335 e. The fraction of sp³-hybridized carbons (Fsp3) is 0.375. The number of nitrogens with zero attached hydrogens (tertiary/aromatic N) is 1. The minimum absolute atomic E-state index is 0.256. The topological polar surface area (TPSA) is 110 Å². The third-order valence-electron chi connectivity index (χ3n) is 2.00. The summed E-state index contributed by atoms with van der Waals surface area (Å²) < 4.78 is 23.3. The van der Waals surface area contributed by atoms with Gasteiger partial charge in [0.1, 0.15) is 0 Å². The van der Waals surface area contributed by atoms with Crippen molar-refractivity contribution in [2.24, 2.45) is 0 Å². The third-order valence-corrected chi connectivity index (χ3v) is 4.14. The van der Waals surface area contributed by atoms with Crippen molar-refractivity contribution in [3.8, 4) is 0 Å². The molecule has 1 aromatic heterocycles. The summed E-state index contributed by atoms with van der Waals surface area (Å²) in [6.45, 7) is 2.90. The Labute approximate surface area is 91.2 Å². The Bertz CT molecular complexity index is 572. The molecule has 0 saturated carbocycles. The average Bonchev–Trinajstić information content (AvgIpc) is 2.17. The zero-order valence-electron chi connectivity index (χ0n) is 8.63. The van der Waals surface area contributed by atoms with Gasteiger partial charge in [0, 0.05) is 12.3 Å². The Morgan fingerprint density at radius 2 is 2.00 bits per heavy atom. The number of H-pyrrole nitrogens is 1. The molecule has 0 aliphatic rings. The van der Waals surface area contributed by atoms with Crippen molar-refractivity contribution in [1.29, 1.82) is 0 Å². The standard InChI is InChI=1S/C8H10N2O5S/c1-5(2)16(14,15)6-3-7(10(12)13)8(11)9-4-6/h3-5H,1-2H3,(H,9,11). The molecule has 8 heteroatoms. The Hall–Kier alpha value is -1.70. The van der Waals surface area contributed by atoms with Crippen LogP contribution in [0.3, 0.4) is 0 Å². The molecular formula is C8H10N2O5S. The molecule has 0 aromatic carbocycles. The lowest BCUT2D eigenvalue weighted by molar-refractivity contribution is -0.386. The zero-order chi connectivity index (χ0) is 12.5. The highest BCUT2D eigenvalue weighted by Gasteiger charge is 2.23. The Balaban J connectivity index is 3.46. The Kier molecular flexibility index (Phi) is 3.13. The molecule has 1 aromatic rings. The maximum atomic E-state index is 11.7. The molecule has 0 bridgehead atoms. The van der Waals surface area contributed by atoms with Gasteiger partial charge >= 0.3 is 11.2 Å².